The molecular formula is C14H16ClN3O2. The molecule has 6 heteroatoms. The molecule has 0 aliphatic heterocycles. The van der Waals surface area contributed by atoms with Crippen molar-refractivity contribution in [2.24, 2.45) is 5.84 Å². The Kier molecular flexibility index (Phi) is 5.17. The molecule has 1 aromatic heterocycles. The molecule has 2 aromatic rings. The number of halogens is 1. The Morgan fingerprint density at radius 2 is 2.05 bits per heavy atom. The van der Waals surface area contributed by atoms with Crippen molar-refractivity contribution in [2.45, 2.75) is 6.04 Å². The Morgan fingerprint density at radius 3 is 2.70 bits per heavy atom. The topological polar surface area (TPSA) is 69.4 Å². The molecule has 5 nitrogen and oxygen atoms in total. The van der Waals surface area contributed by atoms with Crippen molar-refractivity contribution in [3.8, 4) is 11.5 Å². The highest BCUT2D eigenvalue weighted by atomic mass is 35.5. The predicted octanol–water partition coefficient (Wildman–Crippen LogP) is 2.33. The molecule has 106 valence electrons. The molecule has 1 unspecified atom stereocenters. The summed E-state index contributed by atoms with van der Waals surface area (Å²) in [5, 5.41) is 0.664. The lowest BCUT2D eigenvalue weighted by molar-refractivity contribution is 0.260. The first-order chi connectivity index (χ1) is 9.74. The summed E-state index contributed by atoms with van der Waals surface area (Å²) in [5.74, 6) is 6.94. The molecule has 1 heterocycles. The molecular weight excluding hydrogens is 278 g/mol. The number of benzene rings is 1. The monoisotopic (exact) mass is 293 g/mol. The van der Waals surface area contributed by atoms with Gasteiger partial charge in [-0.1, -0.05) is 11.6 Å². The third kappa shape index (κ3) is 3.60. The van der Waals surface area contributed by atoms with Gasteiger partial charge in [-0.3, -0.25) is 10.8 Å². The Morgan fingerprint density at radius 1 is 1.30 bits per heavy atom. The number of hydrogen-bond acceptors (Lipinski definition) is 5. The van der Waals surface area contributed by atoms with Crippen LogP contribution in [0.15, 0.2) is 42.6 Å². The molecule has 2 rings (SSSR count). The zero-order valence-electron chi connectivity index (χ0n) is 11.0. The van der Waals surface area contributed by atoms with Gasteiger partial charge in [0.05, 0.1) is 7.11 Å². The lowest BCUT2D eigenvalue weighted by atomic mass is 10.2. The summed E-state index contributed by atoms with van der Waals surface area (Å²) in [6, 6.07) is 10.5. The second-order valence-electron chi connectivity index (χ2n) is 4.08. The Hall–Kier alpha value is -1.82. The summed E-state index contributed by atoms with van der Waals surface area (Å²) in [6.07, 6.45) is 1.69. The van der Waals surface area contributed by atoms with E-state index in [0.29, 0.717) is 28.8 Å². The maximum atomic E-state index is 5.82. The van der Waals surface area contributed by atoms with Gasteiger partial charge in [-0.15, -0.1) is 0 Å². The van der Waals surface area contributed by atoms with Crippen molar-refractivity contribution < 1.29 is 9.47 Å². The summed E-state index contributed by atoms with van der Waals surface area (Å²) in [7, 11) is 1.59. The van der Waals surface area contributed by atoms with E-state index in [-0.39, 0.29) is 6.04 Å². The number of methoxy groups -OCH3 is 1. The standard InChI is InChI=1S/C14H16ClN3O2/c1-19-13-3-2-8-17-14(13)12(18-16)9-20-11-6-4-10(15)5-7-11/h2-8,12,18H,9,16H2,1H3. The molecule has 0 saturated heterocycles. The first-order valence-corrected chi connectivity index (χ1v) is 6.45. The fourth-order valence-corrected chi connectivity index (χ4v) is 1.88. The maximum absolute atomic E-state index is 5.82. The number of aromatic nitrogens is 1. The molecule has 0 saturated carbocycles. The van der Waals surface area contributed by atoms with Crippen LogP contribution >= 0.6 is 11.6 Å². The van der Waals surface area contributed by atoms with Crippen LogP contribution in [0, 0.1) is 0 Å². The van der Waals surface area contributed by atoms with Gasteiger partial charge in [0.15, 0.2) is 0 Å². The molecule has 0 amide bonds. The van der Waals surface area contributed by atoms with E-state index >= 15 is 0 Å². The number of rotatable bonds is 6. The fraction of sp³-hybridized carbons (Fsp3) is 0.214. The van der Waals surface area contributed by atoms with Crippen LogP contribution in [0.4, 0.5) is 0 Å². The van der Waals surface area contributed by atoms with Gasteiger partial charge >= 0.3 is 0 Å². The van der Waals surface area contributed by atoms with Gasteiger partial charge in [-0.05, 0) is 36.4 Å². The van der Waals surface area contributed by atoms with Gasteiger partial charge in [-0.2, -0.15) is 0 Å². The second-order valence-corrected chi connectivity index (χ2v) is 4.51. The number of ether oxygens (including phenoxy) is 2. The summed E-state index contributed by atoms with van der Waals surface area (Å²) in [5.41, 5.74) is 3.38. The average molecular weight is 294 g/mol. The SMILES string of the molecule is COc1cccnc1C(COc1ccc(Cl)cc1)NN. The van der Waals surface area contributed by atoms with Gasteiger partial charge in [-0.25, -0.2) is 5.43 Å². The quantitative estimate of drug-likeness (QED) is 0.632. The summed E-state index contributed by atoms with van der Waals surface area (Å²) < 4.78 is 10.9. The molecule has 1 aromatic carbocycles. The van der Waals surface area contributed by atoms with Crippen molar-refractivity contribution in [3.63, 3.8) is 0 Å². The summed E-state index contributed by atoms with van der Waals surface area (Å²) in [6.45, 7) is 0.325. The van der Waals surface area contributed by atoms with Gasteiger partial charge in [0.2, 0.25) is 0 Å². The van der Waals surface area contributed by atoms with Crippen LogP contribution in [0.1, 0.15) is 11.7 Å². The van der Waals surface area contributed by atoms with Crippen molar-refractivity contribution in [2.75, 3.05) is 13.7 Å². The number of hydrogen-bond donors (Lipinski definition) is 2. The third-order valence-corrected chi connectivity index (χ3v) is 3.03. The van der Waals surface area contributed by atoms with Gasteiger partial charge in [0.1, 0.15) is 29.8 Å². The Labute approximate surface area is 122 Å². The third-order valence-electron chi connectivity index (χ3n) is 2.78. The summed E-state index contributed by atoms with van der Waals surface area (Å²) >= 11 is 5.82. The average Bonchev–Trinajstić information content (AvgIpc) is 2.50. The van der Waals surface area contributed by atoms with Crippen LogP contribution in [-0.4, -0.2) is 18.7 Å². The number of nitrogens with two attached hydrogens (primary N) is 1. The minimum atomic E-state index is -0.276. The van der Waals surface area contributed by atoms with Crippen LogP contribution in [-0.2, 0) is 0 Å². The van der Waals surface area contributed by atoms with E-state index in [1.54, 1.807) is 43.6 Å². The normalized spacial score (nSPS) is 11.9. The first kappa shape index (κ1) is 14.6. The maximum Gasteiger partial charge on any atom is 0.142 e. The van der Waals surface area contributed by atoms with E-state index in [1.807, 2.05) is 6.07 Å². The van der Waals surface area contributed by atoms with E-state index in [4.69, 9.17) is 26.9 Å². The molecule has 0 fully saturated rings. The fourth-order valence-electron chi connectivity index (χ4n) is 1.75. The molecule has 1 atom stereocenters. The molecule has 20 heavy (non-hydrogen) atoms. The van der Waals surface area contributed by atoms with Crippen LogP contribution in [0.25, 0.3) is 0 Å². The van der Waals surface area contributed by atoms with Crippen LogP contribution in [0.3, 0.4) is 0 Å². The zero-order chi connectivity index (χ0) is 14.4. The molecule has 3 N–H and O–H groups in total. The van der Waals surface area contributed by atoms with Crippen LogP contribution in [0.5, 0.6) is 11.5 Å². The number of hydrazine groups is 1. The zero-order valence-corrected chi connectivity index (χ0v) is 11.8. The van der Waals surface area contributed by atoms with Gasteiger partial charge < -0.3 is 9.47 Å². The predicted molar refractivity (Wildman–Crippen MR) is 77.8 cm³/mol. The van der Waals surface area contributed by atoms with E-state index in [2.05, 4.69) is 10.4 Å². The van der Waals surface area contributed by atoms with Crippen molar-refractivity contribution in [3.05, 3.63) is 53.3 Å². The first-order valence-electron chi connectivity index (χ1n) is 6.08. The van der Waals surface area contributed by atoms with Crippen LogP contribution in [0.2, 0.25) is 5.02 Å². The van der Waals surface area contributed by atoms with Crippen molar-refractivity contribution >= 4 is 11.6 Å². The summed E-state index contributed by atoms with van der Waals surface area (Å²) in [4.78, 5) is 4.28. The molecule has 0 spiro atoms. The number of nitrogens with zero attached hydrogens (tertiary/aromatic N) is 1. The molecule has 0 bridgehead atoms. The van der Waals surface area contributed by atoms with Crippen LogP contribution < -0.4 is 20.7 Å². The van der Waals surface area contributed by atoms with E-state index in [1.165, 1.54) is 0 Å². The van der Waals surface area contributed by atoms with Gasteiger partial charge in [0, 0.05) is 11.2 Å². The Balaban J connectivity index is 2.07. The second kappa shape index (κ2) is 7.09. The Bertz CT molecular complexity index is 548. The highest BCUT2D eigenvalue weighted by Crippen LogP contribution is 2.23. The highest BCUT2D eigenvalue weighted by molar-refractivity contribution is 6.30. The molecule has 0 radical (unpaired) electrons. The number of pyridine rings is 1. The van der Waals surface area contributed by atoms with E-state index < -0.39 is 0 Å². The van der Waals surface area contributed by atoms with Crippen molar-refractivity contribution in [1.82, 2.24) is 10.4 Å². The minimum absolute atomic E-state index is 0.276. The molecule has 0 aliphatic rings. The lowest BCUT2D eigenvalue weighted by Gasteiger charge is -2.18. The largest absolute Gasteiger partial charge is 0.495 e. The van der Waals surface area contributed by atoms with E-state index in [0.717, 1.165) is 0 Å². The smallest absolute Gasteiger partial charge is 0.142 e. The minimum Gasteiger partial charge on any atom is -0.495 e. The molecule has 0 aliphatic carbocycles. The van der Waals surface area contributed by atoms with Crippen molar-refractivity contribution in [1.29, 1.82) is 0 Å². The number of nitrogens with one attached hydrogen (secondary N) is 1. The lowest BCUT2D eigenvalue weighted by Crippen LogP contribution is -2.33. The highest BCUT2D eigenvalue weighted by Gasteiger charge is 2.16. The van der Waals surface area contributed by atoms with E-state index in [9.17, 15) is 0 Å². The van der Waals surface area contributed by atoms with Gasteiger partial charge in [0.25, 0.3) is 0 Å².